The van der Waals surface area contributed by atoms with Gasteiger partial charge in [0.1, 0.15) is 5.82 Å². The Hall–Kier alpha value is -2.66. The summed E-state index contributed by atoms with van der Waals surface area (Å²) < 4.78 is 7.51. The predicted molar refractivity (Wildman–Crippen MR) is 107 cm³/mol. The lowest BCUT2D eigenvalue weighted by atomic mass is 10.1. The zero-order valence-electron chi connectivity index (χ0n) is 16.1. The maximum absolute atomic E-state index is 12.9. The van der Waals surface area contributed by atoms with Gasteiger partial charge in [-0.05, 0) is 37.1 Å². The molecule has 0 N–H and O–H groups in total. The van der Waals surface area contributed by atoms with Crippen molar-refractivity contribution in [3.63, 3.8) is 0 Å². The van der Waals surface area contributed by atoms with Crippen LogP contribution in [0.1, 0.15) is 29.3 Å². The van der Waals surface area contributed by atoms with Crippen molar-refractivity contribution in [3.05, 3.63) is 59.4 Å². The molecule has 0 unspecified atom stereocenters. The number of methoxy groups -OCH3 is 1. The summed E-state index contributed by atoms with van der Waals surface area (Å²) >= 11 is 0. The molecule has 0 aliphatic carbocycles. The van der Waals surface area contributed by atoms with Gasteiger partial charge in [-0.15, -0.1) is 0 Å². The normalized spacial score (nSPS) is 17.2. The number of benzene rings is 2. The van der Waals surface area contributed by atoms with Crippen LogP contribution in [-0.2, 0) is 16.1 Å². The highest BCUT2D eigenvalue weighted by molar-refractivity contribution is 5.98. The Kier molecular flexibility index (Phi) is 4.70. The monoisotopic (exact) mass is 363 g/mol. The fraction of sp³-hybridized carbons (Fsp3) is 0.364. The summed E-state index contributed by atoms with van der Waals surface area (Å²) in [6.45, 7) is 6.16. The van der Waals surface area contributed by atoms with E-state index < -0.39 is 0 Å². The molecule has 4 rings (SSSR count). The van der Waals surface area contributed by atoms with Crippen molar-refractivity contribution >= 4 is 22.6 Å². The summed E-state index contributed by atoms with van der Waals surface area (Å²) in [7, 11) is 1.71. The van der Waals surface area contributed by atoms with Crippen LogP contribution in [-0.4, -0.2) is 35.7 Å². The van der Waals surface area contributed by atoms with E-state index in [2.05, 4.69) is 36.6 Å². The molecule has 1 amide bonds. The number of nitrogens with zero attached hydrogens (tertiary/aromatic N) is 3. The van der Waals surface area contributed by atoms with Gasteiger partial charge in [-0.3, -0.25) is 4.79 Å². The van der Waals surface area contributed by atoms with Crippen LogP contribution in [0.5, 0.6) is 0 Å². The Balaban J connectivity index is 1.72. The summed E-state index contributed by atoms with van der Waals surface area (Å²) in [4.78, 5) is 19.7. The van der Waals surface area contributed by atoms with Gasteiger partial charge < -0.3 is 14.2 Å². The van der Waals surface area contributed by atoms with Gasteiger partial charge in [-0.25, -0.2) is 4.98 Å². The van der Waals surface area contributed by atoms with Crippen LogP contribution < -0.4 is 4.90 Å². The molecule has 27 heavy (non-hydrogen) atoms. The Morgan fingerprint density at radius 3 is 2.59 bits per heavy atom. The summed E-state index contributed by atoms with van der Waals surface area (Å²) in [5.74, 6) is 1.24. The van der Waals surface area contributed by atoms with Gasteiger partial charge in [0.15, 0.2) is 0 Å². The Labute approximate surface area is 159 Å². The van der Waals surface area contributed by atoms with E-state index in [-0.39, 0.29) is 11.8 Å². The number of amides is 1. The molecule has 1 aliphatic heterocycles. The molecule has 140 valence electrons. The minimum Gasteiger partial charge on any atom is -0.383 e. The minimum absolute atomic E-state index is 0.0840. The molecule has 5 nitrogen and oxygen atoms in total. The topological polar surface area (TPSA) is 47.4 Å². The smallest absolute Gasteiger partial charge is 0.227 e. The van der Waals surface area contributed by atoms with Crippen molar-refractivity contribution in [2.24, 2.45) is 0 Å². The quantitative estimate of drug-likeness (QED) is 0.692. The second-order valence-electron chi connectivity index (χ2n) is 7.25. The van der Waals surface area contributed by atoms with E-state index in [4.69, 9.17) is 9.72 Å². The summed E-state index contributed by atoms with van der Waals surface area (Å²) in [6.07, 6.45) is 0.490. The highest BCUT2D eigenvalue weighted by atomic mass is 16.5. The second kappa shape index (κ2) is 7.16. The number of ether oxygens (including phenoxy) is 1. The number of hydrogen-bond acceptors (Lipinski definition) is 3. The zero-order chi connectivity index (χ0) is 19.0. The molecule has 2 aromatic carbocycles. The van der Waals surface area contributed by atoms with Crippen molar-refractivity contribution in [2.45, 2.75) is 32.7 Å². The van der Waals surface area contributed by atoms with E-state index >= 15 is 0 Å². The van der Waals surface area contributed by atoms with Crippen LogP contribution >= 0.6 is 0 Å². The first kappa shape index (κ1) is 17.7. The van der Waals surface area contributed by atoms with Crippen molar-refractivity contribution in [1.29, 1.82) is 0 Å². The lowest BCUT2D eigenvalue weighted by molar-refractivity contribution is -0.117. The van der Waals surface area contributed by atoms with Crippen molar-refractivity contribution < 1.29 is 9.53 Å². The van der Waals surface area contributed by atoms with Crippen LogP contribution in [0.15, 0.2) is 42.5 Å². The van der Waals surface area contributed by atoms with Crippen LogP contribution in [0.2, 0.25) is 0 Å². The second-order valence-corrected chi connectivity index (χ2v) is 7.25. The standard InChI is InChI=1S/C22H25N3O2/c1-15-7-6-8-16(2)21(15)25-14-17(13-20(25)26)22-23-18-9-4-5-10-19(18)24(22)11-12-27-3/h4-10,17H,11-14H2,1-3H3/t17-/m0/s1. The summed E-state index contributed by atoms with van der Waals surface area (Å²) in [6, 6.07) is 14.3. The molecule has 0 radical (unpaired) electrons. The fourth-order valence-corrected chi connectivity index (χ4v) is 4.15. The molecular formula is C22H25N3O2. The lowest BCUT2D eigenvalue weighted by Crippen LogP contribution is -2.26. The van der Waals surface area contributed by atoms with E-state index in [1.807, 2.05) is 29.2 Å². The summed E-state index contributed by atoms with van der Waals surface area (Å²) in [5.41, 5.74) is 5.39. The maximum atomic E-state index is 12.9. The van der Waals surface area contributed by atoms with Gasteiger partial charge in [-0.1, -0.05) is 30.3 Å². The number of hydrogen-bond donors (Lipinski definition) is 0. The third-order valence-electron chi connectivity index (χ3n) is 5.40. The number of aromatic nitrogens is 2. The molecule has 0 saturated carbocycles. The fourth-order valence-electron chi connectivity index (χ4n) is 4.15. The number of fused-ring (bicyclic) bond motifs is 1. The van der Waals surface area contributed by atoms with Crippen molar-refractivity contribution in [3.8, 4) is 0 Å². The van der Waals surface area contributed by atoms with Crippen molar-refractivity contribution in [1.82, 2.24) is 9.55 Å². The Morgan fingerprint density at radius 2 is 1.85 bits per heavy atom. The minimum atomic E-state index is 0.0840. The maximum Gasteiger partial charge on any atom is 0.227 e. The predicted octanol–water partition coefficient (Wildman–Crippen LogP) is 3.82. The van der Waals surface area contributed by atoms with E-state index in [1.54, 1.807) is 7.11 Å². The molecular weight excluding hydrogens is 338 g/mol. The molecule has 1 aromatic heterocycles. The van der Waals surface area contributed by atoms with Gasteiger partial charge in [-0.2, -0.15) is 0 Å². The van der Waals surface area contributed by atoms with Gasteiger partial charge in [0.25, 0.3) is 0 Å². The highest BCUT2D eigenvalue weighted by Gasteiger charge is 2.35. The van der Waals surface area contributed by atoms with E-state index in [1.165, 1.54) is 0 Å². The van der Waals surface area contributed by atoms with Gasteiger partial charge >= 0.3 is 0 Å². The van der Waals surface area contributed by atoms with E-state index in [0.29, 0.717) is 19.6 Å². The molecule has 3 aromatic rings. The third kappa shape index (κ3) is 3.12. The molecule has 1 atom stereocenters. The molecule has 2 heterocycles. The molecule has 0 spiro atoms. The van der Waals surface area contributed by atoms with E-state index in [9.17, 15) is 4.79 Å². The van der Waals surface area contributed by atoms with Crippen LogP contribution in [0, 0.1) is 13.8 Å². The molecule has 1 fully saturated rings. The third-order valence-corrected chi connectivity index (χ3v) is 5.40. The Morgan fingerprint density at radius 1 is 1.11 bits per heavy atom. The number of carbonyl (C=O) groups excluding carboxylic acids is 1. The SMILES string of the molecule is COCCn1c([C@H]2CC(=O)N(c3c(C)cccc3C)C2)nc2ccccc21. The summed E-state index contributed by atoms with van der Waals surface area (Å²) in [5, 5.41) is 0. The highest BCUT2D eigenvalue weighted by Crippen LogP contribution is 2.35. The first-order chi connectivity index (χ1) is 13.1. The number of rotatable bonds is 5. The van der Waals surface area contributed by atoms with Crippen LogP contribution in [0.25, 0.3) is 11.0 Å². The lowest BCUT2D eigenvalue weighted by Gasteiger charge is -2.21. The van der Waals surface area contributed by atoms with Crippen molar-refractivity contribution in [2.75, 3.05) is 25.2 Å². The first-order valence-corrected chi connectivity index (χ1v) is 9.41. The van der Waals surface area contributed by atoms with Gasteiger partial charge in [0.05, 0.1) is 17.6 Å². The average Bonchev–Trinajstić information content (AvgIpc) is 3.21. The number of para-hydroxylation sites is 3. The first-order valence-electron chi connectivity index (χ1n) is 9.41. The number of imidazole rings is 1. The number of aryl methyl sites for hydroxylation is 2. The van der Waals surface area contributed by atoms with Crippen LogP contribution in [0.3, 0.4) is 0 Å². The van der Waals surface area contributed by atoms with E-state index in [0.717, 1.165) is 40.2 Å². The van der Waals surface area contributed by atoms with Gasteiger partial charge in [0.2, 0.25) is 5.91 Å². The molecule has 5 heteroatoms. The van der Waals surface area contributed by atoms with Gasteiger partial charge in [0, 0.05) is 38.2 Å². The van der Waals surface area contributed by atoms with Crippen LogP contribution in [0.4, 0.5) is 5.69 Å². The molecule has 0 bridgehead atoms. The molecule has 1 aliphatic rings. The average molecular weight is 363 g/mol. The largest absolute Gasteiger partial charge is 0.383 e. The zero-order valence-corrected chi connectivity index (χ0v) is 16.1. The Bertz CT molecular complexity index is 972. The number of carbonyl (C=O) groups is 1. The molecule has 1 saturated heterocycles. The number of anilines is 1.